The lowest BCUT2D eigenvalue weighted by Gasteiger charge is -2.11. The molecule has 1 amide bonds. The minimum Gasteiger partial charge on any atom is -0.389 e. The molecule has 0 unspecified atom stereocenters. The maximum Gasteiger partial charge on any atom is 0.279 e. The van der Waals surface area contributed by atoms with Gasteiger partial charge in [-0.3, -0.25) is 9.59 Å². The summed E-state index contributed by atoms with van der Waals surface area (Å²) in [5, 5.41) is 6.27. The number of anilines is 1. The quantitative estimate of drug-likeness (QED) is 0.359. The first kappa shape index (κ1) is 22.0. The highest BCUT2D eigenvalue weighted by molar-refractivity contribution is 7.92. The van der Waals surface area contributed by atoms with E-state index in [2.05, 4.69) is 20.4 Å². The number of carbonyl (C=O) groups excluding carboxylic acids is 2. The summed E-state index contributed by atoms with van der Waals surface area (Å²) in [6.45, 7) is 2.28. The summed E-state index contributed by atoms with van der Waals surface area (Å²) >= 11 is 0. The van der Waals surface area contributed by atoms with Gasteiger partial charge >= 0.3 is 0 Å². The minimum absolute atomic E-state index is 0.0512. The normalized spacial score (nSPS) is 18.9. The molecule has 1 aromatic carbocycles. The minimum atomic E-state index is -3.35. The number of carbonyl (C=O) groups is 2. The fraction of sp³-hybridized carbons (Fsp3) is 0.381. The smallest absolute Gasteiger partial charge is 0.279 e. The van der Waals surface area contributed by atoms with Crippen LogP contribution in [-0.4, -0.2) is 60.4 Å². The van der Waals surface area contributed by atoms with Gasteiger partial charge in [0.15, 0.2) is 33.3 Å². The number of ether oxygens (including phenoxy) is 1. The number of sulfone groups is 1. The van der Waals surface area contributed by atoms with Gasteiger partial charge in [0.1, 0.15) is 5.69 Å². The van der Waals surface area contributed by atoms with E-state index in [1.807, 2.05) is 0 Å². The lowest BCUT2D eigenvalue weighted by molar-refractivity contribution is -0.110. The topological polar surface area (TPSA) is 137 Å². The molecule has 10 nitrogen and oxygen atoms in total. The second kappa shape index (κ2) is 9.13. The number of aromatic nitrogens is 2. The van der Waals surface area contributed by atoms with Crippen LogP contribution in [0.15, 0.2) is 46.7 Å². The van der Waals surface area contributed by atoms with Crippen LogP contribution in [0.4, 0.5) is 5.82 Å². The zero-order valence-electron chi connectivity index (χ0n) is 17.4. The van der Waals surface area contributed by atoms with Crippen LogP contribution in [0, 0.1) is 0 Å². The molecule has 1 saturated heterocycles. The summed E-state index contributed by atoms with van der Waals surface area (Å²) in [6.07, 6.45) is 4.23. The third-order valence-electron chi connectivity index (χ3n) is 5.07. The van der Waals surface area contributed by atoms with Crippen LogP contribution in [0.3, 0.4) is 0 Å². The van der Waals surface area contributed by atoms with Crippen LogP contribution in [0.5, 0.6) is 0 Å². The Morgan fingerprint density at radius 1 is 1.12 bits per heavy atom. The van der Waals surface area contributed by atoms with Crippen molar-refractivity contribution in [3.63, 3.8) is 0 Å². The summed E-state index contributed by atoms with van der Waals surface area (Å²) in [5.41, 5.74) is 0.503. The standard InChI is InChI=1S/C21H22N4O6S/c1-13(26)18-10-23-19(11-22-18)24-21(27)20(25-31-15-8-9-30-12-15)14-2-4-16(5-3-14)32(28,29)17-6-7-17/h2-5,10-11,15,17H,6-9,12H2,1H3,(H,23,24,27)/t15-/m1/s1. The summed E-state index contributed by atoms with van der Waals surface area (Å²) in [6, 6.07) is 5.97. The molecule has 1 saturated carbocycles. The monoisotopic (exact) mass is 458 g/mol. The number of rotatable bonds is 8. The molecule has 0 radical (unpaired) electrons. The van der Waals surface area contributed by atoms with Crippen molar-refractivity contribution < 1.29 is 27.6 Å². The van der Waals surface area contributed by atoms with Crippen molar-refractivity contribution in [2.45, 2.75) is 42.4 Å². The van der Waals surface area contributed by atoms with Crippen molar-refractivity contribution in [2.24, 2.45) is 5.16 Å². The van der Waals surface area contributed by atoms with Gasteiger partial charge in [-0.15, -0.1) is 0 Å². The van der Waals surface area contributed by atoms with E-state index in [-0.39, 0.29) is 39.3 Å². The Hall–Kier alpha value is -3.18. The molecule has 32 heavy (non-hydrogen) atoms. The Balaban J connectivity index is 1.57. The average Bonchev–Trinajstić information content (AvgIpc) is 3.52. The van der Waals surface area contributed by atoms with E-state index in [1.54, 1.807) is 0 Å². The number of benzene rings is 1. The van der Waals surface area contributed by atoms with Gasteiger partial charge in [-0.05, 0) is 25.0 Å². The number of nitrogens with zero attached hydrogens (tertiary/aromatic N) is 3. The Labute approximate surface area is 185 Å². The van der Waals surface area contributed by atoms with E-state index < -0.39 is 15.7 Å². The molecule has 1 aromatic heterocycles. The number of nitrogens with one attached hydrogen (secondary N) is 1. The number of Topliss-reactive ketones (excluding diaryl/α,β-unsaturated/α-hetero) is 1. The maximum atomic E-state index is 12.9. The van der Waals surface area contributed by atoms with Gasteiger partial charge in [0.25, 0.3) is 5.91 Å². The molecule has 168 valence electrons. The number of hydrogen-bond acceptors (Lipinski definition) is 9. The number of oxime groups is 1. The van der Waals surface area contributed by atoms with Crippen LogP contribution in [0.25, 0.3) is 0 Å². The van der Waals surface area contributed by atoms with Gasteiger partial charge in [-0.1, -0.05) is 17.3 Å². The van der Waals surface area contributed by atoms with Crippen LogP contribution in [0.1, 0.15) is 42.2 Å². The van der Waals surface area contributed by atoms with Crippen molar-refractivity contribution in [3.8, 4) is 0 Å². The van der Waals surface area contributed by atoms with Crippen LogP contribution < -0.4 is 5.32 Å². The predicted octanol–water partition coefficient (Wildman–Crippen LogP) is 1.76. The maximum absolute atomic E-state index is 12.9. The molecule has 2 aromatic rings. The number of ketones is 1. The van der Waals surface area contributed by atoms with Crippen molar-refractivity contribution in [1.29, 1.82) is 0 Å². The fourth-order valence-corrected chi connectivity index (χ4v) is 4.73. The molecular formula is C21H22N4O6S. The van der Waals surface area contributed by atoms with Crippen molar-refractivity contribution >= 4 is 33.1 Å². The first-order chi connectivity index (χ1) is 15.3. The third kappa shape index (κ3) is 5.00. The van der Waals surface area contributed by atoms with E-state index in [0.29, 0.717) is 38.0 Å². The van der Waals surface area contributed by atoms with E-state index in [0.717, 1.165) is 0 Å². The Kier molecular flexibility index (Phi) is 6.28. The van der Waals surface area contributed by atoms with E-state index in [4.69, 9.17) is 9.57 Å². The summed E-state index contributed by atoms with van der Waals surface area (Å²) in [5.74, 6) is -0.734. The van der Waals surface area contributed by atoms with Gasteiger partial charge < -0.3 is 14.9 Å². The average molecular weight is 458 g/mol. The predicted molar refractivity (Wildman–Crippen MR) is 114 cm³/mol. The van der Waals surface area contributed by atoms with Crippen LogP contribution in [0.2, 0.25) is 0 Å². The van der Waals surface area contributed by atoms with Gasteiger partial charge in [0, 0.05) is 18.9 Å². The first-order valence-corrected chi connectivity index (χ1v) is 11.7. The Morgan fingerprint density at radius 2 is 1.88 bits per heavy atom. The lowest BCUT2D eigenvalue weighted by Crippen LogP contribution is -2.26. The van der Waals surface area contributed by atoms with E-state index in [1.165, 1.54) is 43.6 Å². The molecule has 2 fully saturated rings. The molecule has 1 atom stereocenters. The van der Waals surface area contributed by atoms with Gasteiger partial charge in [-0.2, -0.15) is 0 Å². The Morgan fingerprint density at radius 3 is 2.44 bits per heavy atom. The second-order valence-electron chi connectivity index (χ2n) is 7.60. The molecule has 1 N–H and O–H groups in total. The molecule has 2 heterocycles. The number of amides is 1. The fourth-order valence-electron chi connectivity index (χ4n) is 3.07. The SMILES string of the molecule is CC(=O)c1cnc(NC(=O)C(=NO[C@@H]2CCOC2)c2ccc(S(=O)(=O)C3CC3)cc2)cn1. The van der Waals surface area contributed by atoms with Crippen LogP contribution >= 0.6 is 0 Å². The van der Waals surface area contributed by atoms with Crippen LogP contribution in [-0.2, 0) is 24.2 Å². The zero-order valence-corrected chi connectivity index (χ0v) is 18.2. The highest BCUT2D eigenvalue weighted by Gasteiger charge is 2.36. The lowest BCUT2D eigenvalue weighted by atomic mass is 10.1. The largest absolute Gasteiger partial charge is 0.389 e. The van der Waals surface area contributed by atoms with Gasteiger partial charge in [0.2, 0.25) is 0 Å². The molecule has 1 aliphatic heterocycles. The highest BCUT2D eigenvalue weighted by atomic mass is 32.2. The third-order valence-corrected chi connectivity index (χ3v) is 7.35. The summed E-state index contributed by atoms with van der Waals surface area (Å²) < 4.78 is 30.1. The zero-order chi connectivity index (χ0) is 22.7. The second-order valence-corrected chi connectivity index (χ2v) is 9.82. The van der Waals surface area contributed by atoms with E-state index >= 15 is 0 Å². The van der Waals surface area contributed by atoms with Crippen molar-refractivity contribution in [1.82, 2.24) is 9.97 Å². The molecule has 2 aliphatic rings. The van der Waals surface area contributed by atoms with Crippen molar-refractivity contribution in [2.75, 3.05) is 18.5 Å². The molecule has 0 spiro atoms. The molecule has 0 bridgehead atoms. The summed E-state index contributed by atoms with van der Waals surface area (Å²) in [7, 11) is -3.35. The van der Waals surface area contributed by atoms with Gasteiger partial charge in [0.05, 0.1) is 35.8 Å². The highest BCUT2D eigenvalue weighted by Crippen LogP contribution is 2.33. The van der Waals surface area contributed by atoms with Gasteiger partial charge in [-0.25, -0.2) is 18.4 Å². The first-order valence-electron chi connectivity index (χ1n) is 10.1. The Bertz CT molecular complexity index is 1140. The molecule has 11 heteroatoms. The number of hydrogen-bond donors (Lipinski definition) is 1. The molecular weight excluding hydrogens is 436 g/mol. The van der Waals surface area contributed by atoms with Crippen molar-refractivity contribution in [3.05, 3.63) is 47.9 Å². The summed E-state index contributed by atoms with van der Waals surface area (Å²) in [4.78, 5) is 37.9. The van der Waals surface area contributed by atoms with E-state index in [9.17, 15) is 18.0 Å². The molecule has 1 aliphatic carbocycles. The molecule has 4 rings (SSSR count).